The van der Waals surface area contributed by atoms with Gasteiger partial charge in [-0.15, -0.1) is 0 Å². The van der Waals surface area contributed by atoms with E-state index in [1.807, 2.05) is 36.5 Å². The lowest BCUT2D eigenvalue weighted by molar-refractivity contribution is 0.246. The average molecular weight is 349 g/mol. The lowest BCUT2D eigenvalue weighted by Gasteiger charge is -2.38. The van der Waals surface area contributed by atoms with Crippen LogP contribution in [0.25, 0.3) is 10.9 Å². The number of hydrogen-bond donors (Lipinski definition) is 2. The standard InChI is InChI=1S/C20H23N5O/c1-2-16-15(4-9-22-16)17(3-1)26-18-5-10-23-19(24-18)25-12-7-20(8-13-25)6-11-21-14-20/h1-5,9-10,21-22H,6-8,11-14H2. The van der Waals surface area contributed by atoms with E-state index in [0.717, 1.165) is 48.8 Å². The normalized spacial score (nSPS) is 19.3. The summed E-state index contributed by atoms with van der Waals surface area (Å²) in [5.74, 6) is 2.17. The van der Waals surface area contributed by atoms with Crippen molar-refractivity contribution < 1.29 is 4.74 Å². The summed E-state index contributed by atoms with van der Waals surface area (Å²) in [6.07, 6.45) is 7.42. The fourth-order valence-electron chi connectivity index (χ4n) is 4.20. The first-order chi connectivity index (χ1) is 12.8. The van der Waals surface area contributed by atoms with Gasteiger partial charge < -0.3 is 19.9 Å². The molecule has 4 heterocycles. The molecular formula is C20H23N5O. The molecule has 0 aliphatic carbocycles. The zero-order valence-electron chi connectivity index (χ0n) is 14.7. The topological polar surface area (TPSA) is 66.1 Å². The Morgan fingerprint density at radius 2 is 2.00 bits per heavy atom. The molecule has 2 N–H and O–H groups in total. The second kappa shape index (κ2) is 6.29. The zero-order chi connectivity index (χ0) is 17.4. The number of nitrogens with zero attached hydrogens (tertiary/aromatic N) is 3. The maximum absolute atomic E-state index is 6.07. The number of H-pyrrole nitrogens is 1. The van der Waals surface area contributed by atoms with E-state index in [9.17, 15) is 0 Å². The van der Waals surface area contributed by atoms with Gasteiger partial charge in [-0.3, -0.25) is 0 Å². The molecule has 2 fully saturated rings. The fraction of sp³-hybridized carbons (Fsp3) is 0.400. The van der Waals surface area contributed by atoms with Crippen molar-refractivity contribution in [2.75, 3.05) is 31.1 Å². The molecule has 0 radical (unpaired) electrons. The van der Waals surface area contributed by atoms with Crippen LogP contribution in [0.1, 0.15) is 19.3 Å². The van der Waals surface area contributed by atoms with Crippen molar-refractivity contribution in [3.63, 3.8) is 0 Å². The highest BCUT2D eigenvalue weighted by Gasteiger charge is 2.37. The van der Waals surface area contributed by atoms with Crippen LogP contribution in [0.3, 0.4) is 0 Å². The number of nitrogens with one attached hydrogen (secondary N) is 2. The van der Waals surface area contributed by atoms with Crippen molar-refractivity contribution in [1.82, 2.24) is 20.3 Å². The van der Waals surface area contributed by atoms with Crippen LogP contribution >= 0.6 is 0 Å². The minimum absolute atomic E-state index is 0.495. The van der Waals surface area contributed by atoms with E-state index < -0.39 is 0 Å². The van der Waals surface area contributed by atoms with Gasteiger partial charge in [0.05, 0.1) is 0 Å². The van der Waals surface area contributed by atoms with Crippen molar-refractivity contribution in [3.8, 4) is 11.6 Å². The molecule has 2 aromatic heterocycles. The highest BCUT2D eigenvalue weighted by molar-refractivity contribution is 5.85. The average Bonchev–Trinajstić information content (AvgIpc) is 3.33. The Bertz CT molecular complexity index is 905. The SMILES string of the molecule is c1cc(Oc2ccnc(N3CCC4(CCNC4)CC3)n2)c2cc[nH]c2c1. The van der Waals surface area contributed by atoms with E-state index in [0.29, 0.717) is 11.3 Å². The molecule has 0 unspecified atom stereocenters. The van der Waals surface area contributed by atoms with Crippen LogP contribution in [0.15, 0.2) is 42.7 Å². The first kappa shape index (κ1) is 15.6. The Morgan fingerprint density at radius 3 is 2.85 bits per heavy atom. The van der Waals surface area contributed by atoms with Gasteiger partial charge in [0.2, 0.25) is 11.8 Å². The summed E-state index contributed by atoms with van der Waals surface area (Å²) in [5.41, 5.74) is 1.55. The molecule has 0 atom stereocenters. The molecule has 0 saturated carbocycles. The molecular weight excluding hydrogens is 326 g/mol. The number of ether oxygens (including phenoxy) is 1. The Hall–Kier alpha value is -2.60. The third-order valence-electron chi connectivity index (χ3n) is 5.83. The lowest BCUT2D eigenvalue weighted by atomic mass is 9.78. The largest absolute Gasteiger partial charge is 0.438 e. The van der Waals surface area contributed by atoms with E-state index in [1.54, 1.807) is 6.20 Å². The minimum Gasteiger partial charge on any atom is -0.438 e. The predicted octanol–water partition coefficient (Wildman–Crippen LogP) is 3.33. The van der Waals surface area contributed by atoms with Crippen LogP contribution in [-0.4, -0.2) is 41.1 Å². The van der Waals surface area contributed by atoms with Gasteiger partial charge in [0.25, 0.3) is 0 Å². The number of hydrogen-bond acceptors (Lipinski definition) is 5. The van der Waals surface area contributed by atoms with Crippen molar-refractivity contribution in [2.45, 2.75) is 19.3 Å². The number of aromatic nitrogens is 3. The Kier molecular flexibility index (Phi) is 3.78. The molecule has 0 bridgehead atoms. The van der Waals surface area contributed by atoms with Crippen LogP contribution < -0.4 is 15.0 Å². The Balaban J connectivity index is 1.34. The second-order valence-electron chi connectivity index (χ2n) is 7.41. The molecule has 1 aromatic carbocycles. The summed E-state index contributed by atoms with van der Waals surface area (Å²) < 4.78 is 6.07. The number of rotatable bonds is 3. The molecule has 5 rings (SSSR count). The van der Waals surface area contributed by atoms with Gasteiger partial charge in [0.1, 0.15) is 5.75 Å². The third kappa shape index (κ3) is 2.80. The summed E-state index contributed by atoms with van der Waals surface area (Å²) in [5, 5.41) is 4.57. The first-order valence-corrected chi connectivity index (χ1v) is 9.34. The van der Waals surface area contributed by atoms with Gasteiger partial charge in [0.15, 0.2) is 0 Å². The van der Waals surface area contributed by atoms with Gasteiger partial charge in [-0.25, -0.2) is 4.98 Å². The number of benzene rings is 1. The van der Waals surface area contributed by atoms with Crippen LogP contribution in [0.5, 0.6) is 11.6 Å². The van der Waals surface area contributed by atoms with Crippen molar-refractivity contribution in [1.29, 1.82) is 0 Å². The smallest absolute Gasteiger partial charge is 0.228 e. The zero-order valence-corrected chi connectivity index (χ0v) is 14.7. The Labute approximate surface area is 152 Å². The molecule has 134 valence electrons. The molecule has 2 saturated heterocycles. The summed E-state index contributed by atoms with van der Waals surface area (Å²) in [6.45, 7) is 4.34. The van der Waals surface area contributed by atoms with E-state index >= 15 is 0 Å². The number of piperidine rings is 1. The molecule has 2 aliphatic heterocycles. The van der Waals surface area contributed by atoms with Crippen LogP contribution in [0, 0.1) is 5.41 Å². The minimum atomic E-state index is 0.495. The summed E-state index contributed by atoms with van der Waals surface area (Å²) >= 11 is 0. The summed E-state index contributed by atoms with van der Waals surface area (Å²) in [6, 6.07) is 9.83. The maximum atomic E-state index is 6.07. The first-order valence-electron chi connectivity index (χ1n) is 9.34. The van der Waals surface area contributed by atoms with Crippen molar-refractivity contribution in [2.24, 2.45) is 5.41 Å². The summed E-state index contributed by atoms with van der Waals surface area (Å²) in [4.78, 5) is 14.6. The van der Waals surface area contributed by atoms with Gasteiger partial charge in [0, 0.05) is 49.0 Å². The highest BCUT2D eigenvalue weighted by Crippen LogP contribution is 2.38. The van der Waals surface area contributed by atoms with Crippen molar-refractivity contribution >= 4 is 16.9 Å². The van der Waals surface area contributed by atoms with Gasteiger partial charge >= 0.3 is 0 Å². The number of anilines is 1. The maximum Gasteiger partial charge on any atom is 0.228 e. The quantitative estimate of drug-likeness (QED) is 0.759. The Morgan fingerprint density at radius 1 is 1.08 bits per heavy atom. The van der Waals surface area contributed by atoms with E-state index in [1.165, 1.54) is 19.3 Å². The second-order valence-corrected chi connectivity index (χ2v) is 7.41. The van der Waals surface area contributed by atoms with Gasteiger partial charge in [-0.1, -0.05) is 6.07 Å². The molecule has 26 heavy (non-hydrogen) atoms. The highest BCUT2D eigenvalue weighted by atomic mass is 16.5. The van der Waals surface area contributed by atoms with E-state index in [-0.39, 0.29) is 0 Å². The van der Waals surface area contributed by atoms with E-state index in [2.05, 4.69) is 25.2 Å². The molecule has 6 nitrogen and oxygen atoms in total. The third-order valence-corrected chi connectivity index (χ3v) is 5.83. The van der Waals surface area contributed by atoms with Crippen molar-refractivity contribution in [3.05, 3.63) is 42.7 Å². The molecule has 1 spiro atoms. The molecule has 0 amide bonds. The molecule has 2 aliphatic rings. The summed E-state index contributed by atoms with van der Waals surface area (Å²) in [7, 11) is 0. The van der Waals surface area contributed by atoms with Gasteiger partial charge in [-0.05, 0) is 49.4 Å². The van der Waals surface area contributed by atoms with Crippen LogP contribution in [0.4, 0.5) is 5.95 Å². The van der Waals surface area contributed by atoms with Crippen LogP contribution in [-0.2, 0) is 0 Å². The monoisotopic (exact) mass is 349 g/mol. The lowest BCUT2D eigenvalue weighted by Crippen LogP contribution is -2.41. The van der Waals surface area contributed by atoms with Gasteiger partial charge in [-0.2, -0.15) is 4.98 Å². The predicted molar refractivity (Wildman–Crippen MR) is 102 cm³/mol. The van der Waals surface area contributed by atoms with Crippen LogP contribution in [0.2, 0.25) is 0 Å². The molecule has 6 heteroatoms. The fourth-order valence-corrected chi connectivity index (χ4v) is 4.20. The van der Waals surface area contributed by atoms with E-state index in [4.69, 9.17) is 4.74 Å². The number of aromatic amines is 1. The molecule has 3 aromatic rings. The number of fused-ring (bicyclic) bond motifs is 1.